The lowest BCUT2D eigenvalue weighted by Gasteiger charge is -2.30. The maximum atomic E-state index is 4.59. The minimum Gasteiger partial charge on any atom is -0.299 e. The Labute approximate surface area is 152 Å². The van der Waals surface area contributed by atoms with Crippen LogP contribution >= 0.6 is 0 Å². The Balaban J connectivity index is 1.23. The van der Waals surface area contributed by atoms with Gasteiger partial charge in [0.25, 0.3) is 0 Å². The van der Waals surface area contributed by atoms with E-state index in [2.05, 4.69) is 30.2 Å². The van der Waals surface area contributed by atoms with Crippen molar-refractivity contribution in [2.45, 2.75) is 51.0 Å². The number of likely N-dealkylation sites (tertiary alicyclic amines) is 1. The summed E-state index contributed by atoms with van der Waals surface area (Å²) in [6.45, 7) is 5.03. The number of aromatic nitrogens is 6. The summed E-state index contributed by atoms with van der Waals surface area (Å²) in [5, 5.41) is 13.3. The van der Waals surface area contributed by atoms with Crippen LogP contribution in [0.1, 0.15) is 60.4 Å². The second-order valence-corrected chi connectivity index (χ2v) is 7.58. The number of hydrogen-bond acceptors (Lipinski definition) is 6. The minimum absolute atomic E-state index is 0.420. The highest BCUT2D eigenvalue weighted by atomic mass is 15.4. The van der Waals surface area contributed by atoms with Gasteiger partial charge in [-0.1, -0.05) is 0 Å². The summed E-state index contributed by atoms with van der Waals surface area (Å²) in [5.41, 5.74) is 3.03. The van der Waals surface area contributed by atoms with Gasteiger partial charge in [0.15, 0.2) is 11.5 Å². The molecule has 134 valence electrons. The minimum atomic E-state index is 0.420. The van der Waals surface area contributed by atoms with E-state index in [1.54, 1.807) is 0 Å². The molecule has 26 heavy (non-hydrogen) atoms. The van der Waals surface area contributed by atoms with E-state index in [1.807, 2.05) is 36.0 Å². The average molecular weight is 349 g/mol. The van der Waals surface area contributed by atoms with Gasteiger partial charge in [0, 0.05) is 36.3 Å². The Morgan fingerprint density at radius 2 is 1.73 bits per heavy atom. The van der Waals surface area contributed by atoms with Crippen molar-refractivity contribution in [1.29, 1.82) is 0 Å². The topological polar surface area (TPSA) is 72.1 Å². The zero-order valence-corrected chi connectivity index (χ0v) is 15.0. The Morgan fingerprint density at radius 3 is 2.46 bits per heavy atom. The summed E-state index contributed by atoms with van der Waals surface area (Å²) in [5.74, 6) is 3.06. The normalized spacial score (nSPS) is 19.3. The second-order valence-electron chi connectivity index (χ2n) is 7.58. The van der Waals surface area contributed by atoms with Crippen LogP contribution in [0.15, 0.2) is 24.5 Å². The summed E-state index contributed by atoms with van der Waals surface area (Å²) >= 11 is 0. The molecule has 0 spiro atoms. The number of nitrogens with zero attached hydrogens (tertiary/aromatic N) is 7. The average Bonchev–Trinajstić information content (AvgIpc) is 3.43. The quantitative estimate of drug-likeness (QED) is 0.720. The van der Waals surface area contributed by atoms with Crippen LogP contribution < -0.4 is 0 Å². The lowest BCUT2D eigenvalue weighted by Crippen LogP contribution is -2.33. The third-order valence-corrected chi connectivity index (χ3v) is 5.45. The van der Waals surface area contributed by atoms with Crippen LogP contribution in [-0.2, 0) is 6.54 Å². The first-order valence-electron chi connectivity index (χ1n) is 9.48. The zero-order valence-electron chi connectivity index (χ0n) is 15.0. The highest BCUT2D eigenvalue weighted by Crippen LogP contribution is 2.37. The molecule has 7 heteroatoms. The predicted octanol–water partition coefficient (Wildman–Crippen LogP) is 2.48. The largest absolute Gasteiger partial charge is 0.299 e. The number of rotatable bonds is 4. The SMILES string of the molecule is Cc1ccc2nnc(C3CCN(Cc4cnc(C5CC5)nc4)CC3)n2n1. The van der Waals surface area contributed by atoms with Gasteiger partial charge in [-0.25, -0.2) is 9.97 Å². The van der Waals surface area contributed by atoms with Crippen molar-refractivity contribution in [2.75, 3.05) is 13.1 Å². The van der Waals surface area contributed by atoms with Gasteiger partial charge in [-0.15, -0.1) is 10.2 Å². The number of piperidine rings is 1. The summed E-state index contributed by atoms with van der Waals surface area (Å²) in [7, 11) is 0. The van der Waals surface area contributed by atoms with E-state index in [1.165, 1.54) is 18.4 Å². The van der Waals surface area contributed by atoms with Crippen LogP contribution in [-0.4, -0.2) is 47.8 Å². The third-order valence-electron chi connectivity index (χ3n) is 5.45. The van der Waals surface area contributed by atoms with E-state index in [9.17, 15) is 0 Å². The Bertz CT molecular complexity index is 905. The van der Waals surface area contributed by atoms with Crippen molar-refractivity contribution in [3.63, 3.8) is 0 Å². The van der Waals surface area contributed by atoms with Crippen molar-refractivity contribution in [3.8, 4) is 0 Å². The molecule has 5 rings (SSSR count). The van der Waals surface area contributed by atoms with Crippen LogP contribution in [0.2, 0.25) is 0 Å². The molecule has 7 nitrogen and oxygen atoms in total. The fraction of sp³-hybridized carbons (Fsp3) is 0.526. The smallest absolute Gasteiger partial charge is 0.177 e. The van der Waals surface area contributed by atoms with E-state index >= 15 is 0 Å². The van der Waals surface area contributed by atoms with Crippen molar-refractivity contribution >= 4 is 5.65 Å². The number of hydrogen-bond donors (Lipinski definition) is 0. The van der Waals surface area contributed by atoms with E-state index in [0.29, 0.717) is 11.8 Å². The molecule has 0 bridgehead atoms. The van der Waals surface area contributed by atoms with Crippen molar-refractivity contribution in [3.05, 3.63) is 47.4 Å². The first-order chi connectivity index (χ1) is 12.8. The predicted molar refractivity (Wildman–Crippen MR) is 96.8 cm³/mol. The molecular formula is C19H23N7. The number of aryl methyl sites for hydroxylation is 1. The highest BCUT2D eigenvalue weighted by Gasteiger charge is 2.27. The van der Waals surface area contributed by atoms with Gasteiger partial charge in [-0.05, 0) is 57.8 Å². The lowest BCUT2D eigenvalue weighted by atomic mass is 9.96. The van der Waals surface area contributed by atoms with Crippen molar-refractivity contribution in [2.24, 2.45) is 0 Å². The maximum absolute atomic E-state index is 4.59. The Hall–Kier alpha value is -2.41. The molecule has 0 radical (unpaired) electrons. The molecule has 0 N–H and O–H groups in total. The number of fused-ring (bicyclic) bond motifs is 1. The van der Waals surface area contributed by atoms with Gasteiger partial charge in [0.1, 0.15) is 5.82 Å². The van der Waals surface area contributed by atoms with Crippen LogP contribution in [0.3, 0.4) is 0 Å². The molecular weight excluding hydrogens is 326 g/mol. The fourth-order valence-electron chi connectivity index (χ4n) is 3.76. The maximum Gasteiger partial charge on any atom is 0.177 e. The van der Waals surface area contributed by atoms with Crippen molar-refractivity contribution in [1.82, 2.24) is 34.7 Å². The van der Waals surface area contributed by atoms with E-state index < -0.39 is 0 Å². The molecule has 0 aromatic carbocycles. The van der Waals surface area contributed by atoms with Gasteiger partial charge in [-0.2, -0.15) is 9.61 Å². The first kappa shape index (κ1) is 15.8. The van der Waals surface area contributed by atoms with Crippen LogP contribution in [0.5, 0.6) is 0 Å². The molecule has 0 atom stereocenters. The molecule has 3 aromatic rings. The van der Waals surface area contributed by atoms with Crippen LogP contribution in [0.25, 0.3) is 5.65 Å². The molecule has 0 amide bonds. The van der Waals surface area contributed by atoms with E-state index in [0.717, 1.165) is 55.5 Å². The molecule has 2 aliphatic rings. The van der Waals surface area contributed by atoms with E-state index in [-0.39, 0.29) is 0 Å². The van der Waals surface area contributed by atoms with E-state index in [4.69, 9.17) is 0 Å². The zero-order chi connectivity index (χ0) is 17.5. The van der Waals surface area contributed by atoms with Gasteiger partial charge < -0.3 is 0 Å². The lowest BCUT2D eigenvalue weighted by molar-refractivity contribution is 0.200. The summed E-state index contributed by atoms with van der Waals surface area (Å²) in [4.78, 5) is 11.6. The monoisotopic (exact) mass is 349 g/mol. The molecule has 4 heterocycles. The highest BCUT2D eigenvalue weighted by molar-refractivity contribution is 5.36. The Kier molecular flexibility index (Phi) is 3.89. The third kappa shape index (κ3) is 3.07. The molecule has 2 fully saturated rings. The molecule has 1 aliphatic heterocycles. The molecule has 1 saturated carbocycles. The van der Waals surface area contributed by atoms with Gasteiger partial charge in [-0.3, -0.25) is 4.90 Å². The van der Waals surface area contributed by atoms with Crippen LogP contribution in [0, 0.1) is 6.92 Å². The standard InChI is InChI=1S/C19H23N7/c1-13-2-5-17-22-23-19(26(17)24-13)16-6-8-25(9-7-16)12-14-10-20-18(21-11-14)15-3-4-15/h2,5,10-11,15-16H,3-4,6-9,12H2,1H3. The molecule has 1 saturated heterocycles. The first-order valence-corrected chi connectivity index (χ1v) is 9.48. The fourth-order valence-corrected chi connectivity index (χ4v) is 3.76. The second kappa shape index (κ2) is 6.39. The summed E-state index contributed by atoms with van der Waals surface area (Å²) in [6.07, 6.45) is 8.67. The van der Waals surface area contributed by atoms with Gasteiger partial charge in [0.05, 0.1) is 5.69 Å². The summed E-state index contributed by atoms with van der Waals surface area (Å²) < 4.78 is 1.92. The summed E-state index contributed by atoms with van der Waals surface area (Å²) in [6, 6.07) is 3.96. The van der Waals surface area contributed by atoms with Crippen LogP contribution in [0.4, 0.5) is 0 Å². The molecule has 3 aromatic heterocycles. The molecule has 1 aliphatic carbocycles. The van der Waals surface area contributed by atoms with Gasteiger partial charge >= 0.3 is 0 Å². The molecule has 0 unspecified atom stereocenters. The van der Waals surface area contributed by atoms with Crippen molar-refractivity contribution < 1.29 is 0 Å². The Morgan fingerprint density at radius 1 is 0.962 bits per heavy atom. The van der Waals surface area contributed by atoms with Gasteiger partial charge in [0.2, 0.25) is 0 Å².